The molecule has 3 radical (unpaired) electrons. The van der Waals surface area contributed by atoms with Crippen molar-refractivity contribution in [2.45, 2.75) is 166 Å². The van der Waals surface area contributed by atoms with E-state index in [1.54, 1.807) is 29.2 Å². The minimum atomic E-state index is -4.91. The largest absolute Gasteiger partial charge is 1.00 e. The molecule has 4 bridgehead atoms. The summed E-state index contributed by atoms with van der Waals surface area (Å²) in [6.45, 7) is 9.04. The molecule has 8 aromatic carbocycles. The molecule has 4 unspecified atom stereocenters. The van der Waals surface area contributed by atoms with Crippen LogP contribution >= 0.6 is 69.4 Å². The number of aromatic nitrogens is 4. The van der Waals surface area contributed by atoms with Crippen LogP contribution in [0, 0.1) is 60.4 Å². The molecule has 6 aliphatic rings. The number of carboxylic acid groups (broad SMARTS) is 3. The second-order valence-electron chi connectivity index (χ2n) is 31.3. The Morgan fingerprint density at radius 1 is 0.469 bits per heavy atom. The van der Waals surface area contributed by atoms with Gasteiger partial charge in [0.25, 0.3) is 35.2 Å². The first-order valence-corrected chi connectivity index (χ1v) is 47.5. The summed E-state index contributed by atoms with van der Waals surface area (Å²) in [7, 11) is -9.33. The van der Waals surface area contributed by atoms with Crippen molar-refractivity contribution in [3.63, 3.8) is 0 Å². The Hall–Kier alpha value is -7.62. The third-order valence-electron chi connectivity index (χ3n) is 23.9. The number of benzene rings is 8. The first-order valence-electron chi connectivity index (χ1n) is 39.2. The summed E-state index contributed by atoms with van der Waals surface area (Å²) in [6.07, 6.45) is 14.8. The minimum absolute atomic E-state index is 0. The van der Waals surface area contributed by atoms with E-state index in [0.29, 0.717) is 74.3 Å². The summed E-state index contributed by atoms with van der Waals surface area (Å²) in [4.78, 5) is 58.5. The Balaban J connectivity index is 0.000000272. The Kier molecular flexibility index (Phi) is 38.4. The van der Waals surface area contributed by atoms with Crippen LogP contribution in [0.3, 0.4) is 0 Å². The average Bonchev–Trinajstić information content (AvgIpc) is 1.52. The third-order valence-corrected chi connectivity index (χ3v) is 27.8. The summed E-state index contributed by atoms with van der Waals surface area (Å²) < 4.78 is 219. The summed E-state index contributed by atoms with van der Waals surface area (Å²) in [5, 5.41) is 28.3. The van der Waals surface area contributed by atoms with Gasteiger partial charge in [0.1, 0.15) is 72.9 Å². The summed E-state index contributed by atoms with van der Waals surface area (Å²) >= 11 is 12.6. The van der Waals surface area contributed by atoms with Gasteiger partial charge in [-0.1, -0.05) is 71.7 Å². The number of imidazole rings is 2. The number of carboxylic acids is 3. The van der Waals surface area contributed by atoms with Crippen molar-refractivity contribution in [2.24, 2.45) is 0 Å². The van der Waals surface area contributed by atoms with Gasteiger partial charge in [0.05, 0.1) is 54.4 Å². The van der Waals surface area contributed by atoms with Gasteiger partial charge < -0.3 is 36.1 Å². The van der Waals surface area contributed by atoms with E-state index < -0.39 is 134 Å². The number of nitrogens with zero attached hydrogens (tertiary/aromatic N) is 7. The molecule has 2 aromatic heterocycles. The molecule has 130 heavy (non-hydrogen) atoms. The van der Waals surface area contributed by atoms with Crippen molar-refractivity contribution >= 4 is 162 Å². The van der Waals surface area contributed by atoms with E-state index in [4.69, 9.17) is 76.7 Å². The zero-order valence-corrected chi connectivity index (χ0v) is 79.2. The molecular formula is C84H87BCl6F8N8NaO18S4. The molecule has 7 N–H and O–H groups in total. The van der Waals surface area contributed by atoms with Crippen molar-refractivity contribution in [1.29, 1.82) is 0 Å². The molecule has 46 heteroatoms. The van der Waals surface area contributed by atoms with E-state index in [9.17, 15) is 84.1 Å². The number of nitrogens with one attached hydrogen (secondary N) is 1. The fourth-order valence-corrected chi connectivity index (χ4v) is 21.0. The van der Waals surface area contributed by atoms with E-state index in [0.717, 1.165) is 124 Å². The second-order valence-corrected chi connectivity index (χ2v) is 39.3. The molecule has 0 aliphatic carbocycles. The molecule has 6 aliphatic heterocycles. The maximum absolute atomic E-state index is 14.6. The van der Waals surface area contributed by atoms with Gasteiger partial charge in [0, 0.05) is 97.3 Å². The van der Waals surface area contributed by atoms with Gasteiger partial charge in [0.15, 0.2) is 0 Å². The maximum Gasteiger partial charge on any atom is 1.00 e. The molecular weight excluding hydrogens is 1940 g/mol. The number of likely N-dealkylation sites (tertiary alicyclic amines) is 1. The quantitative estimate of drug-likeness (QED) is 0.0193. The van der Waals surface area contributed by atoms with Gasteiger partial charge in [-0.15, -0.1) is 24.8 Å². The van der Waals surface area contributed by atoms with Gasteiger partial charge in [-0.25, -0.2) is 67.9 Å². The maximum atomic E-state index is 14.6. The van der Waals surface area contributed by atoms with E-state index in [1.165, 1.54) is 54.4 Å². The Morgan fingerprint density at radius 2 is 0.846 bits per heavy atom. The van der Waals surface area contributed by atoms with Crippen LogP contribution in [0.15, 0.2) is 166 Å². The fourth-order valence-electron chi connectivity index (χ4n) is 18.1. The van der Waals surface area contributed by atoms with Crippen LogP contribution in [0.5, 0.6) is 0 Å². The number of carbonyl (C=O) groups is 4. The van der Waals surface area contributed by atoms with Crippen LogP contribution in [-0.4, -0.2) is 192 Å². The van der Waals surface area contributed by atoms with Crippen molar-refractivity contribution < 1.29 is 148 Å². The van der Waals surface area contributed by atoms with Crippen LogP contribution < -0.4 is 34.9 Å². The van der Waals surface area contributed by atoms with Crippen molar-refractivity contribution in [1.82, 2.24) is 39.1 Å². The number of carbonyl (C=O) groups excluding carboxylic acids is 1. The third kappa shape index (κ3) is 26.5. The Labute approximate surface area is 800 Å². The first kappa shape index (κ1) is 109. The first-order chi connectivity index (χ1) is 59.1. The number of rotatable bonds is 17. The van der Waals surface area contributed by atoms with Crippen molar-refractivity contribution in [2.75, 3.05) is 39.3 Å². The van der Waals surface area contributed by atoms with E-state index in [1.807, 2.05) is 18.2 Å². The molecule has 8 heterocycles. The van der Waals surface area contributed by atoms with Gasteiger partial charge in [-0.2, -0.15) is 25.3 Å². The number of aromatic carboxylic acids is 3. The predicted octanol–water partition coefficient (Wildman–Crippen LogP) is 14.6. The van der Waals surface area contributed by atoms with E-state index in [2.05, 4.69) is 97.3 Å². The van der Waals surface area contributed by atoms with E-state index in [-0.39, 0.29) is 115 Å². The van der Waals surface area contributed by atoms with Gasteiger partial charge in [0.2, 0.25) is 0 Å². The number of hydrogen-bond acceptors (Lipinski definition) is 17. The Bertz CT molecular complexity index is 6180. The fraction of sp³-hybridized carbons (Fsp3) is 0.357. The number of para-hydroxylation sites is 4. The summed E-state index contributed by atoms with van der Waals surface area (Å²) in [6, 6.07) is 39.7. The van der Waals surface area contributed by atoms with Gasteiger partial charge in [-0.3, -0.25) is 28.3 Å². The van der Waals surface area contributed by atoms with Crippen LogP contribution in [-0.2, 0) is 49.4 Å². The number of fused-ring (bicyclic) bond motifs is 6. The molecule has 4 atom stereocenters. The number of piperidine rings is 4. The van der Waals surface area contributed by atoms with Gasteiger partial charge in [-0.05, 0) is 237 Å². The Morgan fingerprint density at radius 3 is 1.23 bits per heavy atom. The van der Waals surface area contributed by atoms with Crippen molar-refractivity contribution in [3.8, 4) is 0 Å². The second kappa shape index (κ2) is 45.6. The topological polar surface area (TPSA) is 384 Å². The monoisotopic (exact) mass is 2020 g/mol. The van der Waals surface area contributed by atoms with Crippen LogP contribution in [0.2, 0.25) is 10.0 Å². The minimum Gasteiger partial charge on any atom is -1.00 e. The summed E-state index contributed by atoms with van der Waals surface area (Å²) in [5.41, 5.74) is 3.84. The predicted molar refractivity (Wildman–Crippen MR) is 473 cm³/mol. The molecule has 10 aromatic rings. The molecule has 6 saturated heterocycles. The zero-order chi connectivity index (χ0) is 92.0. The number of hydrogen-bond donors (Lipinski definition) is 7. The summed E-state index contributed by atoms with van der Waals surface area (Å²) in [5.74, 6) is -11.2. The normalized spacial score (nSPS) is 19.1. The van der Waals surface area contributed by atoms with Crippen molar-refractivity contribution in [3.05, 3.63) is 253 Å². The van der Waals surface area contributed by atoms with Crippen LogP contribution in [0.4, 0.5) is 35.1 Å². The molecule has 6 fully saturated rings. The molecule has 697 valence electrons. The number of halogens is 14. The zero-order valence-electron chi connectivity index (χ0n) is 70.3. The number of amides is 1. The SMILES string of the molecule is Cc1nc2ccccc2n1C1CC2CCC(C1)N2CCC1(c2cccc(F)c2)CCN(C(=O)c2c(Cl)ccc(S(=O)(=O)O)c2Cl)CC1.Cc1nc2ccccc2n1C1CC2CCC(C1)N2CCC1(c2cccc(F)c2)CCNCC1.Cl.Cl.O=C(O)c1cc(S(=O)(=O)Cl)c(F)cc1F.O=C(O)c1cc(S(=O)(=O)O)c(F)cc1F.O=C(O)c1ccc(F)cc1F.O=S(=O)(O)Cl.[B].[H-].[Na+]. The number of aryl methyl sites for hydroxylation is 2. The molecule has 16 rings (SSSR count). The average molecular weight is 2020 g/mol. The molecule has 1 amide bonds. The molecule has 0 spiro atoms. The molecule has 0 saturated carbocycles. The van der Waals surface area contributed by atoms with Gasteiger partial charge >= 0.3 is 56.8 Å². The van der Waals surface area contributed by atoms with Crippen LogP contribution in [0.1, 0.15) is 168 Å². The van der Waals surface area contributed by atoms with E-state index >= 15 is 0 Å². The molecule has 26 nitrogen and oxygen atoms in total. The smallest absolute Gasteiger partial charge is 1.00 e. The van der Waals surface area contributed by atoms with Crippen LogP contribution in [0.25, 0.3) is 22.1 Å². The standard InChI is InChI=1S/C35H37Cl2FN4O4S.C28H35FN4.C7H3ClF2O4S.C7H4F2O5S.C7H4F2O2.B.ClHO3S.2ClH.Na.H/c1-22-39-29-7-2-3-8-30(29)42(22)27-20-25-9-10-26(21-27)41(25)18-15-35(23-5-4-6-24(38)19-23)13-16-40(17-14-35)34(43)32-28(36)11-12-31(33(32)37)47(44,45)46;1-20-31-26-7-2-3-8-27(26)33(20)25-18-23-9-10-24(19-25)32(23)16-13-28(11-14-30-15-12-28)21-5-4-6-22(29)17-21;8-15(13,14)6-1-3(7(11)12)4(9)2-5(6)10;8-4-2-5(9)6(15(12,13)14)1-3(4)7(10)11;8-4-1-2-5(7(10)11)6(9)3-4;;1-5(2,3)4;;;;/h2-8,11-12,19,25-27H,9-10,13-18,20-21H2,1H3,(H,44,45,46);2-8,17,23-25,30H,9-16,18-19H2,1H3;1-2H,(H,11,12);1-2H,(H,10,11)(H,12,13,14);1-3H,(H,10,11);;(H,2,3,4);2*1H;;/q;;;;;;;;;+1;-1.